The third kappa shape index (κ3) is 3.95. The number of oxazole rings is 1. The molecule has 12 heteroatoms. The van der Waals surface area contributed by atoms with E-state index >= 15 is 0 Å². The zero-order valence-corrected chi connectivity index (χ0v) is 16.4. The second-order valence-corrected chi connectivity index (χ2v) is 6.58. The molecule has 0 unspecified atom stereocenters. The van der Waals surface area contributed by atoms with Crippen LogP contribution in [0.3, 0.4) is 0 Å². The number of hydrogen-bond acceptors (Lipinski definition) is 7. The highest BCUT2D eigenvalue weighted by molar-refractivity contribution is 5.75. The molecule has 0 bridgehead atoms. The highest BCUT2D eigenvalue weighted by Crippen LogP contribution is 2.20. The molecule has 0 fully saturated rings. The number of nitrogens with zero attached hydrogens (tertiary/aromatic N) is 5. The van der Waals surface area contributed by atoms with E-state index in [2.05, 4.69) is 13.2 Å². The summed E-state index contributed by atoms with van der Waals surface area (Å²) in [6.45, 7) is 6.79. The summed E-state index contributed by atoms with van der Waals surface area (Å²) in [6, 6.07) is 3.77. The maximum atomic E-state index is 12.6. The Bertz CT molecular complexity index is 1370. The van der Waals surface area contributed by atoms with Gasteiger partial charge in [0.05, 0.1) is 23.5 Å². The number of non-ortho nitro benzene ring substituents is 1. The topological polar surface area (TPSA) is 144 Å². The summed E-state index contributed by atoms with van der Waals surface area (Å²) >= 11 is 0. The quantitative estimate of drug-likeness (QED) is 0.273. The second kappa shape index (κ2) is 8.65. The molecule has 2 heterocycles. The van der Waals surface area contributed by atoms with Gasteiger partial charge in [-0.05, 0) is 12.5 Å². The molecule has 162 valence electrons. The van der Waals surface area contributed by atoms with Gasteiger partial charge in [0.25, 0.3) is 5.69 Å². The van der Waals surface area contributed by atoms with Crippen LogP contribution in [-0.2, 0) is 26.2 Å². The normalized spacial score (nSPS) is 11.0. The van der Waals surface area contributed by atoms with Crippen molar-refractivity contribution in [3.05, 3.63) is 95.6 Å². The van der Waals surface area contributed by atoms with Crippen LogP contribution in [0.4, 0.5) is 5.69 Å². The van der Waals surface area contributed by atoms with Gasteiger partial charge < -0.3 is 4.42 Å². The minimum Gasteiger partial charge on any atom is -0.408 e. The zero-order valence-electron chi connectivity index (χ0n) is 16.4. The van der Waals surface area contributed by atoms with Gasteiger partial charge in [-0.25, -0.2) is 32.9 Å². The largest absolute Gasteiger partial charge is 0.419 e. The Morgan fingerprint density at radius 1 is 0.903 bits per heavy atom. The van der Waals surface area contributed by atoms with Gasteiger partial charge in [0.1, 0.15) is 0 Å². The molecule has 0 N–H and O–H groups in total. The van der Waals surface area contributed by atoms with E-state index < -0.39 is 27.7 Å². The maximum Gasteiger partial charge on any atom is 0.419 e. The average molecular weight is 429 g/mol. The van der Waals surface area contributed by atoms with E-state index in [-0.39, 0.29) is 49.4 Å². The van der Waals surface area contributed by atoms with Gasteiger partial charge in [0, 0.05) is 25.2 Å². The maximum absolute atomic E-state index is 12.6. The molecule has 1 aromatic carbocycles. The Hall–Kier alpha value is -4.22. The summed E-state index contributed by atoms with van der Waals surface area (Å²) < 4.78 is 8.92. The van der Waals surface area contributed by atoms with E-state index in [0.29, 0.717) is 0 Å². The summed E-state index contributed by atoms with van der Waals surface area (Å²) in [5, 5.41) is 11.0. The Kier molecular flexibility index (Phi) is 6.00. The van der Waals surface area contributed by atoms with Crippen molar-refractivity contribution in [2.24, 2.45) is 0 Å². The predicted molar refractivity (Wildman–Crippen MR) is 111 cm³/mol. The van der Waals surface area contributed by atoms with Crippen LogP contribution in [0.1, 0.15) is 6.42 Å². The van der Waals surface area contributed by atoms with Gasteiger partial charge in [-0.1, -0.05) is 12.2 Å². The van der Waals surface area contributed by atoms with Crippen LogP contribution in [0.25, 0.3) is 11.1 Å². The molecule has 0 spiro atoms. The molecule has 0 aliphatic heterocycles. The van der Waals surface area contributed by atoms with Crippen molar-refractivity contribution in [2.45, 2.75) is 32.6 Å². The van der Waals surface area contributed by atoms with E-state index in [1.165, 1.54) is 34.9 Å². The first-order valence-electron chi connectivity index (χ1n) is 9.24. The fourth-order valence-corrected chi connectivity index (χ4v) is 3.21. The van der Waals surface area contributed by atoms with Gasteiger partial charge >= 0.3 is 22.8 Å². The Morgan fingerprint density at radius 2 is 1.45 bits per heavy atom. The monoisotopic (exact) mass is 429 g/mol. The molecule has 0 saturated carbocycles. The molecule has 0 saturated heterocycles. The fourth-order valence-electron chi connectivity index (χ4n) is 3.21. The van der Waals surface area contributed by atoms with Crippen LogP contribution >= 0.6 is 0 Å². The van der Waals surface area contributed by atoms with Crippen molar-refractivity contribution >= 4 is 16.8 Å². The first kappa shape index (κ1) is 21.5. The minimum atomic E-state index is -0.796. The molecular weight excluding hydrogens is 410 g/mol. The van der Waals surface area contributed by atoms with Crippen LogP contribution in [0.15, 0.2) is 67.1 Å². The lowest BCUT2D eigenvalue weighted by atomic mass is 10.3. The lowest BCUT2D eigenvalue weighted by Crippen LogP contribution is -2.54. The minimum absolute atomic E-state index is 0.0287. The van der Waals surface area contributed by atoms with E-state index in [1.807, 2.05) is 0 Å². The van der Waals surface area contributed by atoms with E-state index in [4.69, 9.17) is 4.42 Å². The molecule has 3 rings (SSSR count). The summed E-state index contributed by atoms with van der Waals surface area (Å²) in [4.78, 5) is 60.2. The summed E-state index contributed by atoms with van der Waals surface area (Å²) in [5.41, 5.74) is -2.16. The molecule has 0 atom stereocenters. The Balaban J connectivity index is 1.96. The summed E-state index contributed by atoms with van der Waals surface area (Å²) in [5.74, 6) is -0.719. The van der Waals surface area contributed by atoms with Crippen molar-refractivity contribution in [1.82, 2.24) is 18.3 Å². The average Bonchev–Trinajstić information content (AvgIpc) is 3.05. The van der Waals surface area contributed by atoms with Crippen molar-refractivity contribution in [3.8, 4) is 0 Å². The molecule has 31 heavy (non-hydrogen) atoms. The van der Waals surface area contributed by atoms with Gasteiger partial charge in [-0.3, -0.25) is 14.7 Å². The van der Waals surface area contributed by atoms with Gasteiger partial charge in [0.15, 0.2) is 5.58 Å². The van der Waals surface area contributed by atoms with Crippen molar-refractivity contribution in [3.63, 3.8) is 0 Å². The lowest BCUT2D eigenvalue weighted by Gasteiger charge is -2.12. The number of benzene rings is 1. The number of aryl methyl sites for hydroxylation is 1. The molecule has 12 nitrogen and oxygen atoms in total. The first-order chi connectivity index (χ1) is 14.8. The van der Waals surface area contributed by atoms with Crippen molar-refractivity contribution < 1.29 is 9.34 Å². The number of hydrogen-bond donors (Lipinski definition) is 0. The van der Waals surface area contributed by atoms with Crippen LogP contribution in [0.2, 0.25) is 0 Å². The fraction of sp³-hybridized carbons (Fsp3) is 0.263. The highest BCUT2D eigenvalue weighted by Gasteiger charge is 2.16. The number of nitro benzene ring substituents is 1. The SMILES string of the molecule is C=CCn1c(=O)n(CC=C)c(=O)n(CCCn2c(=O)oc3ccc([N+](=O)[O-])cc32)c1=O. The predicted octanol–water partition coefficient (Wildman–Crippen LogP) is 0.450. The molecule has 0 radical (unpaired) electrons. The summed E-state index contributed by atoms with van der Waals surface area (Å²) in [7, 11) is 0. The van der Waals surface area contributed by atoms with Crippen molar-refractivity contribution in [1.29, 1.82) is 0 Å². The number of allylic oxidation sites excluding steroid dienone is 2. The molecule has 0 aliphatic rings. The molecule has 3 aromatic rings. The third-order valence-corrected chi connectivity index (χ3v) is 4.63. The van der Waals surface area contributed by atoms with E-state index in [0.717, 1.165) is 13.7 Å². The number of aromatic nitrogens is 4. The number of nitro groups is 1. The van der Waals surface area contributed by atoms with E-state index in [1.54, 1.807) is 0 Å². The first-order valence-corrected chi connectivity index (χ1v) is 9.24. The van der Waals surface area contributed by atoms with Crippen molar-refractivity contribution in [2.75, 3.05) is 0 Å². The molecular formula is C19H19N5O7. The van der Waals surface area contributed by atoms with Gasteiger partial charge in [0.2, 0.25) is 0 Å². The third-order valence-electron chi connectivity index (χ3n) is 4.63. The van der Waals surface area contributed by atoms with E-state index in [9.17, 15) is 29.3 Å². The van der Waals surface area contributed by atoms with Gasteiger partial charge in [-0.2, -0.15) is 0 Å². The lowest BCUT2D eigenvalue weighted by molar-refractivity contribution is -0.384. The van der Waals surface area contributed by atoms with Crippen LogP contribution in [-0.4, -0.2) is 23.2 Å². The highest BCUT2D eigenvalue weighted by atomic mass is 16.6. The van der Waals surface area contributed by atoms with Crippen LogP contribution in [0, 0.1) is 10.1 Å². The molecule has 0 aliphatic carbocycles. The number of rotatable bonds is 9. The Morgan fingerprint density at radius 3 is 2.00 bits per heavy atom. The standard InChI is InChI=1S/C19H19N5O7/c1-3-8-21-16(25)22(9-4-2)18(27)23(17(21)26)11-5-10-20-14-12-13(24(29)30)6-7-15(14)31-19(20)28/h3-4,6-7,12H,1-2,5,8-11H2. The van der Waals surface area contributed by atoms with Crippen LogP contribution < -0.4 is 22.8 Å². The zero-order chi connectivity index (χ0) is 22.7. The Labute approximate surface area is 173 Å². The molecule has 0 amide bonds. The number of fused-ring (bicyclic) bond motifs is 1. The summed E-state index contributed by atoms with van der Waals surface area (Å²) in [6.07, 6.45) is 2.87. The van der Waals surface area contributed by atoms with Crippen LogP contribution in [0.5, 0.6) is 0 Å². The smallest absolute Gasteiger partial charge is 0.408 e. The molecule has 2 aromatic heterocycles. The van der Waals surface area contributed by atoms with Gasteiger partial charge in [-0.15, -0.1) is 13.2 Å². The second-order valence-electron chi connectivity index (χ2n) is 6.58.